The van der Waals surface area contributed by atoms with Gasteiger partial charge < -0.3 is 5.32 Å². The monoisotopic (exact) mass is 527 g/mol. The lowest BCUT2D eigenvalue weighted by Gasteiger charge is -2.21. The Balaban J connectivity index is 1.48. The number of pyridine rings is 1. The molecule has 2 aromatic carbocycles. The number of fused-ring (bicyclic) bond motifs is 2. The molecule has 9 heteroatoms. The molecule has 0 spiro atoms. The Kier molecular flexibility index (Phi) is 6.21. The smallest absolute Gasteiger partial charge is 0.264 e. The van der Waals surface area contributed by atoms with E-state index in [2.05, 4.69) is 32.3 Å². The maximum Gasteiger partial charge on any atom is 0.264 e. The van der Waals surface area contributed by atoms with Gasteiger partial charge in [-0.2, -0.15) is 10.2 Å². The van der Waals surface area contributed by atoms with E-state index in [1.807, 2.05) is 80.8 Å². The number of benzene rings is 2. The lowest BCUT2D eigenvalue weighted by Crippen LogP contribution is -2.32. The van der Waals surface area contributed by atoms with E-state index in [1.54, 1.807) is 39.3 Å². The zero-order valence-electron chi connectivity index (χ0n) is 22.2. The van der Waals surface area contributed by atoms with E-state index < -0.39 is 6.04 Å². The summed E-state index contributed by atoms with van der Waals surface area (Å²) >= 11 is 0. The van der Waals surface area contributed by atoms with Crippen LogP contribution in [0.15, 0.2) is 90.2 Å². The van der Waals surface area contributed by atoms with Crippen molar-refractivity contribution in [1.82, 2.24) is 34.3 Å². The van der Waals surface area contributed by atoms with Gasteiger partial charge in [0, 0.05) is 36.4 Å². The van der Waals surface area contributed by atoms with E-state index in [1.165, 1.54) is 0 Å². The van der Waals surface area contributed by atoms with Crippen LogP contribution in [0.3, 0.4) is 0 Å². The van der Waals surface area contributed by atoms with E-state index in [0.29, 0.717) is 44.8 Å². The highest BCUT2D eigenvalue weighted by atomic mass is 16.2. The number of carbonyl (C=O) groups is 1. The third-order valence-corrected chi connectivity index (χ3v) is 6.76. The van der Waals surface area contributed by atoms with Gasteiger partial charge >= 0.3 is 0 Å². The highest BCUT2D eigenvalue weighted by molar-refractivity contribution is 6.02. The normalized spacial score (nSPS) is 11.8. The highest BCUT2D eigenvalue weighted by Crippen LogP contribution is 2.24. The van der Waals surface area contributed by atoms with Crippen molar-refractivity contribution in [3.63, 3.8) is 0 Å². The Bertz CT molecular complexity index is 2020. The average Bonchev–Trinajstić information content (AvgIpc) is 3.53. The molecule has 4 aromatic heterocycles. The summed E-state index contributed by atoms with van der Waals surface area (Å²) in [5.41, 5.74) is 4.06. The molecular formula is C31H25N7O2. The van der Waals surface area contributed by atoms with E-state index in [-0.39, 0.29) is 11.5 Å². The van der Waals surface area contributed by atoms with Crippen molar-refractivity contribution >= 4 is 22.2 Å². The highest BCUT2D eigenvalue weighted by Gasteiger charge is 2.23. The molecule has 6 rings (SSSR count). The molecule has 196 valence electrons. The van der Waals surface area contributed by atoms with E-state index in [9.17, 15) is 9.59 Å². The first-order chi connectivity index (χ1) is 19.4. The summed E-state index contributed by atoms with van der Waals surface area (Å²) in [5.74, 6) is 5.91. The number of rotatable bonds is 4. The molecule has 0 unspecified atom stereocenters. The minimum Gasteiger partial charge on any atom is -0.344 e. The molecule has 0 aliphatic heterocycles. The summed E-state index contributed by atoms with van der Waals surface area (Å²) in [7, 11) is 1.83. The molecular weight excluding hydrogens is 502 g/mol. The van der Waals surface area contributed by atoms with E-state index in [0.717, 1.165) is 5.39 Å². The maximum atomic E-state index is 14.2. The van der Waals surface area contributed by atoms with Crippen molar-refractivity contribution < 1.29 is 4.79 Å². The Morgan fingerprint density at radius 3 is 2.60 bits per heavy atom. The average molecular weight is 528 g/mol. The first-order valence-electron chi connectivity index (χ1n) is 12.8. The molecule has 40 heavy (non-hydrogen) atoms. The van der Waals surface area contributed by atoms with Crippen molar-refractivity contribution in [2.45, 2.75) is 19.9 Å². The Labute approximate surface area is 229 Å². The summed E-state index contributed by atoms with van der Waals surface area (Å²) in [6.07, 6.45) is 5.01. The number of carbonyl (C=O) groups excluding carboxylic acids is 1. The van der Waals surface area contributed by atoms with Crippen LogP contribution in [0.5, 0.6) is 0 Å². The summed E-state index contributed by atoms with van der Waals surface area (Å²) in [6, 6.07) is 20.0. The number of hydrogen-bond donors (Lipinski definition) is 1. The second-order valence-electron chi connectivity index (χ2n) is 9.51. The molecule has 1 amide bonds. The zero-order valence-corrected chi connectivity index (χ0v) is 22.2. The topological polar surface area (TPSA) is 99.1 Å². The van der Waals surface area contributed by atoms with Crippen LogP contribution >= 0.6 is 0 Å². The Morgan fingerprint density at radius 2 is 1.82 bits per heavy atom. The van der Waals surface area contributed by atoms with Crippen molar-refractivity contribution in [3.05, 3.63) is 124 Å². The van der Waals surface area contributed by atoms with Gasteiger partial charge in [0.25, 0.3) is 11.5 Å². The Hall–Kier alpha value is -5.49. The van der Waals surface area contributed by atoms with Crippen LogP contribution in [0.25, 0.3) is 22.0 Å². The summed E-state index contributed by atoms with van der Waals surface area (Å²) in [6.45, 7) is 3.65. The molecule has 1 atom stereocenters. The van der Waals surface area contributed by atoms with Crippen LogP contribution in [0.4, 0.5) is 0 Å². The molecule has 0 aliphatic carbocycles. The molecule has 0 saturated carbocycles. The lowest BCUT2D eigenvalue weighted by atomic mass is 10.0. The molecule has 0 aliphatic rings. The second-order valence-corrected chi connectivity index (χ2v) is 9.51. The van der Waals surface area contributed by atoms with Crippen LogP contribution in [0.2, 0.25) is 0 Å². The van der Waals surface area contributed by atoms with Gasteiger partial charge in [-0.05, 0) is 61.6 Å². The largest absolute Gasteiger partial charge is 0.344 e. The fourth-order valence-electron chi connectivity index (χ4n) is 4.91. The van der Waals surface area contributed by atoms with Crippen LogP contribution in [0, 0.1) is 18.8 Å². The van der Waals surface area contributed by atoms with Crippen LogP contribution < -0.4 is 10.9 Å². The SMILES string of the molecule is Cc1nn2cnccc2c1C(=O)N[C@@H](C)c1cc2cccc(C#Cc3ccn(C)n3)c2c(=O)n1-c1ccccc1. The third kappa shape index (κ3) is 4.41. The first kappa shape index (κ1) is 24.8. The van der Waals surface area contributed by atoms with Crippen LogP contribution in [-0.2, 0) is 7.05 Å². The quantitative estimate of drug-likeness (QED) is 0.350. The maximum absolute atomic E-state index is 14.2. The van der Waals surface area contributed by atoms with E-state index in [4.69, 9.17) is 0 Å². The van der Waals surface area contributed by atoms with Crippen molar-refractivity contribution in [2.75, 3.05) is 0 Å². The molecule has 0 fully saturated rings. The van der Waals surface area contributed by atoms with E-state index >= 15 is 0 Å². The molecule has 0 radical (unpaired) electrons. The third-order valence-electron chi connectivity index (χ3n) is 6.76. The van der Waals surface area contributed by atoms with Crippen LogP contribution in [-0.4, -0.2) is 34.9 Å². The minimum absolute atomic E-state index is 0.219. The molecule has 0 saturated heterocycles. The number of nitrogens with one attached hydrogen (secondary N) is 1. The molecule has 0 bridgehead atoms. The molecule has 9 nitrogen and oxygen atoms in total. The van der Waals surface area contributed by atoms with Crippen molar-refractivity contribution in [3.8, 4) is 17.5 Å². The second kappa shape index (κ2) is 10.0. The summed E-state index contributed by atoms with van der Waals surface area (Å²) < 4.78 is 4.91. The Morgan fingerprint density at radius 1 is 1.00 bits per heavy atom. The van der Waals surface area contributed by atoms with Gasteiger partial charge in [0.15, 0.2) is 0 Å². The predicted molar refractivity (Wildman–Crippen MR) is 152 cm³/mol. The molecule has 6 aromatic rings. The predicted octanol–water partition coefficient (Wildman–Crippen LogP) is 3.97. The summed E-state index contributed by atoms with van der Waals surface area (Å²) in [5, 5.41) is 13.0. The lowest BCUT2D eigenvalue weighted by molar-refractivity contribution is 0.0939. The molecule has 4 heterocycles. The van der Waals surface area contributed by atoms with Gasteiger partial charge in [-0.25, -0.2) is 9.50 Å². The van der Waals surface area contributed by atoms with Gasteiger partial charge in [0.1, 0.15) is 12.0 Å². The first-order valence-corrected chi connectivity index (χ1v) is 12.8. The molecule has 1 N–H and O–H groups in total. The number of aryl methyl sites for hydroxylation is 2. The van der Waals surface area contributed by atoms with Gasteiger partial charge in [-0.15, -0.1) is 0 Å². The van der Waals surface area contributed by atoms with Gasteiger partial charge in [0.2, 0.25) is 0 Å². The fourth-order valence-corrected chi connectivity index (χ4v) is 4.91. The number of hydrogen-bond acceptors (Lipinski definition) is 5. The zero-order chi connectivity index (χ0) is 27.8. The fraction of sp³-hybridized carbons (Fsp3) is 0.129. The number of para-hydroxylation sites is 1. The number of nitrogens with zero attached hydrogens (tertiary/aromatic N) is 6. The van der Waals surface area contributed by atoms with Gasteiger partial charge in [0.05, 0.1) is 28.2 Å². The minimum atomic E-state index is -0.510. The van der Waals surface area contributed by atoms with Crippen molar-refractivity contribution in [1.29, 1.82) is 0 Å². The number of aromatic nitrogens is 6. The van der Waals surface area contributed by atoms with Crippen LogP contribution in [0.1, 0.15) is 46.0 Å². The van der Waals surface area contributed by atoms with Gasteiger partial charge in [-0.1, -0.05) is 36.3 Å². The summed E-state index contributed by atoms with van der Waals surface area (Å²) in [4.78, 5) is 31.7. The standard InChI is InChI=1S/C31H25N7O2/c1-20(33-30(39)28-21(2)34-37-19-32-16-14-26(28)37)27-18-23-9-7-8-22(12-13-24-15-17-36(3)35-24)29(23)31(40)38(27)25-10-5-4-6-11-25/h4-11,14-20H,1-3H3,(H,33,39)/t20-/m0/s1. The van der Waals surface area contributed by atoms with Crippen molar-refractivity contribution in [2.24, 2.45) is 7.05 Å². The number of amides is 1. The van der Waals surface area contributed by atoms with Gasteiger partial charge in [-0.3, -0.25) is 18.8 Å².